The Morgan fingerprint density at radius 3 is 0.905 bits per heavy atom. The minimum atomic E-state index is -2.17. The second kappa shape index (κ2) is 9.17. The van der Waals surface area contributed by atoms with Gasteiger partial charge in [0.05, 0.1) is 11.2 Å². The van der Waals surface area contributed by atoms with Crippen LogP contribution in [0.5, 0.6) is 0 Å². The predicted octanol–water partition coefficient (Wildman–Crippen LogP) is 1.09. The van der Waals surface area contributed by atoms with E-state index in [-0.39, 0.29) is 0 Å². The topological polar surface area (TPSA) is 101 Å². The van der Waals surface area contributed by atoms with Gasteiger partial charge in [-0.3, -0.25) is 0 Å². The van der Waals surface area contributed by atoms with Crippen molar-refractivity contribution in [1.29, 1.82) is 0 Å². The summed E-state index contributed by atoms with van der Waals surface area (Å²) in [5.41, 5.74) is 2.05. The Morgan fingerprint density at radius 1 is 0.667 bits per heavy atom. The van der Waals surface area contributed by atoms with Gasteiger partial charge in [-0.05, 0) is 48.5 Å². The van der Waals surface area contributed by atoms with Gasteiger partial charge in [0.1, 0.15) is 0 Å². The molecule has 0 amide bonds. The van der Waals surface area contributed by atoms with Gasteiger partial charge in [0.15, 0.2) is 0 Å². The first kappa shape index (κ1) is 22.4. The quantitative estimate of drug-likeness (QED) is 0.500. The van der Waals surface area contributed by atoms with Crippen molar-refractivity contribution in [1.82, 2.24) is 0 Å². The molecule has 0 unspecified atom stereocenters. The highest BCUT2D eigenvalue weighted by Crippen LogP contribution is 2.19. The third-order valence-corrected chi connectivity index (χ3v) is 2.86. The molecule has 1 aromatic rings. The van der Waals surface area contributed by atoms with Crippen LogP contribution in [0.1, 0.15) is 44.4 Å². The van der Waals surface area contributed by atoms with Crippen molar-refractivity contribution in [3.63, 3.8) is 0 Å². The number of benzene rings is 1. The minimum Gasteiger partial charge on any atom is -0.402 e. The normalized spacial score (nSPS) is 10.9. The molecule has 0 aliphatic carbocycles. The van der Waals surface area contributed by atoms with Gasteiger partial charge in [-0.1, -0.05) is 34.9 Å². The molecule has 0 radical (unpaired) electrons. The molecule has 0 fully saturated rings. The molecule has 5 N–H and O–H groups in total. The average molecular weight is 300 g/mol. The highest BCUT2D eigenvalue weighted by atomic mass is 16.5. The van der Waals surface area contributed by atoms with Crippen LogP contribution in [0, 0.1) is 20.8 Å². The van der Waals surface area contributed by atoms with Crippen molar-refractivity contribution in [2.24, 2.45) is 0 Å². The highest BCUT2D eigenvalue weighted by Gasteiger charge is 2.31. The maximum absolute atomic E-state index is 9.10. The maximum atomic E-state index is 9.10. The molecule has 0 saturated carbocycles. The van der Waals surface area contributed by atoms with Crippen molar-refractivity contribution in [2.75, 3.05) is 0 Å². The fraction of sp³-hybridized carbons (Fsp3) is 0.600. The van der Waals surface area contributed by atoms with E-state index in [2.05, 4.69) is 39.0 Å². The van der Waals surface area contributed by atoms with E-state index in [4.69, 9.17) is 25.3 Å². The molecule has 0 aliphatic rings. The molecule has 0 aromatic heterocycles. The van der Waals surface area contributed by atoms with Gasteiger partial charge in [-0.15, -0.1) is 0 Å². The third kappa shape index (κ3) is 13.8. The van der Waals surface area contributed by atoms with E-state index in [1.807, 2.05) is 0 Å². The molecule has 1 rings (SSSR count). The van der Waals surface area contributed by atoms with Gasteiger partial charge < -0.3 is 25.3 Å². The van der Waals surface area contributed by atoms with Gasteiger partial charge in [0.25, 0.3) is 0 Å². The molecule has 1 aromatic carbocycles. The largest absolute Gasteiger partial charge is 0.631 e. The SMILES string of the molecule is CC(C)(O)C(C)(C)O.Cc1cc(C)cc(C)c1.OB(O)O. The van der Waals surface area contributed by atoms with Crippen LogP contribution in [-0.4, -0.2) is 43.8 Å². The summed E-state index contributed by atoms with van der Waals surface area (Å²) < 4.78 is 0. The van der Waals surface area contributed by atoms with Crippen LogP contribution in [-0.2, 0) is 0 Å². The van der Waals surface area contributed by atoms with Crippen molar-refractivity contribution in [3.05, 3.63) is 34.9 Å². The molecule has 0 saturated heterocycles. The molecule has 0 aliphatic heterocycles. The molecule has 5 nitrogen and oxygen atoms in total. The van der Waals surface area contributed by atoms with E-state index in [0.29, 0.717) is 0 Å². The van der Waals surface area contributed by atoms with Crippen LogP contribution in [0.25, 0.3) is 0 Å². The van der Waals surface area contributed by atoms with Gasteiger partial charge in [0.2, 0.25) is 0 Å². The van der Waals surface area contributed by atoms with Gasteiger partial charge in [0, 0.05) is 0 Å². The van der Waals surface area contributed by atoms with Crippen LogP contribution in [0.3, 0.4) is 0 Å². The summed E-state index contributed by atoms with van der Waals surface area (Å²) >= 11 is 0. The average Bonchev–Trinajstić information content (AvgIpc) is 2.10. The van der Waals surface area contributed by atoms with E-state index < -0.39 is 18.5 Å². The Kier molecular flexibility index (Phi) is 9.77. The van der Waals surface area contributed by atoms with Crippen LogP contribution in [0.4, 0.5) is 0 Å². The smallest absolute Gasteiger partial charge is 0.402 e. The van der Waals surface area contributed by atoms with Crippen LogP contribution >= 0.6 is 0 Å². The second-order valence-corrected chi connectivity index (χ2v) is 6.13. The zero-order valence-electron chi connectivity index (χ0n) is 14.0. The molecule has 0 atom stereocenters. The van der Waals surface area contributed by atoms with Crippen molar-refractivity contribution >= 4 is 7.32 Å². The summed E-state index contributed by atoms with van der Waals surface area (Å²) in [6.07, 6.45) is 0. The van der Waals surface area contributed by atoms with Crippen molar-refractivity contribution in [3.8, 4) is 0 Å². The van der Waals surface area contributed by atoms with Crippen molar-refractivity contribution < 1.29 is 25.3 Å². The lowest BCUT2D eigenvalue weighted by Crippen LogP contribution is -2.44. The predicted molar refractivity (Wildman–Crippen MR) is 85.7 cm³/mol. The van der Waals surface area contributed by atoms with Crippen molar-refractivity contribution in [2.45, 2.75) is 59.7 Å². The summed E-state index contributed by atoms with van der Waals surface area (Å²) in [5.74, 6) is 0. The van der Waals surface area contributed by atoms with Crippen LogP contribution in [0.15, 0.2) is 18.2 Å². The number of rotatable bonds is 1. The Balaban J connectivity index is 0. The number of hydrogen-bond acceptors (Lipinski definition) is 5. The summed E-state index contributed by atoms with van der Waals surface area (Å²) in [5, 5.41) is 39.7. The molecule has 122 valence electrons. The van der Waals surface area contributed by atoms with Crippen LogP contribution in [0.2, 0.25) is 0 Å². The second-order valence-electron chi connectivity index (χ2n) is 6.13. The third-order valence-electron chi connectivity index (χ3n) is 2.86. The first-order valence-electron chi connectivity index (χ1n) is 6.70. The van der Waals surface area contributed by atoms with Gasteiger partial charge in [-0.25, -0.2) is 0 Å². The highest BCUT2D eigenvalue weighted by molar-refractivity contribution is 6.30. The Hall–Kier alpha value is -0.915. The first-order chi connectivity index (χ1) is 9.16. The molecule has 0 spiro atoms. The molecular weight excluding hydrogens is 271 g/mol. The molecule has 6 heteroatoms. The first-order valence-corrected chi connectivity index (χ1v) is 6.70. The molecule has 21 heavy (non-hydrogen) atoms. The Labute approximate surface area is 128 Å². The van der Waals surface area contributed by atoms with E-state index in [0.717, 1.165) is 0 Å². The number of aliphatic hydroxyl groups is 2. The fourth-order valence-electron chi connectivity index (χ4n) is 1.20. The summed E-state index contributed by atoms with van der Waals surface area (Å²) in [7, 11) is -2.17. The summed E-state index contributed by atoms with van der Waals surface area (Å²) in [4.78, 5) is 0. The zero-order chi connectivity index (χ0) is 17.4. The van der Waals surface area contributed by atoms with E-state index in [1.54, 1.807) is 27.7 Å². The van der Waals surface area contributed by atoms with E-state index in [1.165, 1.54) is 16.7 Å². The van der Waals surface area contributed by atoms with Crippen LogP contribution < -0.4 is 0 Å². The van der Waals surface area contributed by atoms with Gasteiger partial charge in [-0.2, -0.15) is 0 Å². The minimum absolute atomic E-state index is 1.01. The maximum Gasteiger partial charge on any atom is 0.631 e. The zero-order valence-corrected chi connectivity index (χ0v) is 14.0. The molecule has 0 bridgehead atoms. The summed E-state index contributed by atoms with van der Waals surface area (Å²) in [6, 6.07) is 6.56. The van der Waals surface area contributed by atoms with Gasteiger partial charge >= 0.3 is 7.32 Å². The fourth-order valence-corrected chi connectivity index (χ4v) is 1.20. The molecular formula is C15H29BO5. The number of aryl methyl sites for hydroxylation is 3. The molecule has 0 heterocycles. The summed E-state index contributed by atoms with van der Waals surface area (Å²) in [6.45, 7) is 12.7. The lowest BCUT2D eigenvalue weighted by molar-refractivity contribution is -0.107. The standard InChI is InChI=1S/C9H12.C6H14O2.BH3O3/c1-7-4-8(2)6-9(3)5-7;1-5(2,7)6(3,4)8;2-1(3)4/h4-6H,1-3H3;7-8H,1-4H3;2-4H. The lowest BCUT2D eigenvalue weighted by atomic mass is 9.90. The Bertz CT molecular complexity index is 340. The Morgan fingerprint density at radius 2 is 0.810 bits per heavy atom. The lowest BCUT2D eigenvalue weighted by Gasteiger charge is -2.31. The monoisotopic (exact) mass is 300 g/mol. The van der Waals surface area contributed by atoms with E-state index >= 15 is 0 Å². The number of hydrogen-bond donors (Lipinski definition) is 5. The van der Waals surface area contributed by atoms with E-state index in [9.17, 15) is 0 Å².